The van der Waals surface area contributed by atoms with Crippen LogP contribution >= 0.6 is 31.9 Å². The molecule has 0 bridgehead atoms. The smallest absolute Gasteiger partial charge is 0.222 e. The topological polar surface area (TPSA) is 51.8 Å². The van der Waals surface area contributed by atoms with Crippen LogP contribution < -0.4 is 5.73 Å². The van der Waals surface area contributed by atoms with Gasteiger partial charge in [0.2, 0.25) is 5.95 Å². The molecule has 1 heterocycles. The molecule has 0 aromatic carbocycles. The van der Waals surface area contributed by atoms with Crippen molar-refractivity contribution in [2.24, 2.45) is 0 Å². The first-order valence-electron chi connectivity index (χ1n) is 4.04. The van der Waals surface area contributed by atoms with Gasteiger partial charge in [-0.25, -0.2) is 9.97 Å². The molecule has 3 nitrogen and oxygen atoms in total. The largest absolute Gasteiger partial charge is 0.368 e. The molecule has 0 saturated carbocycles. The lowest BCUT2D eigenvalue weighted by atomic mass is 10.0. The standard InChI is InChI=1S/C8H11Br2N3/c1-3-4(2)5-6(9)12-8(11)13-7(5)10/h4H,3H2,1-2H3,(H2,11,12,13). The number of halogens is 2. The summed E-state index contributed by atoms with van der Waals surface area (Å²) in [7, 11) is 0. The van der Waals surface area contributed by atoms with Crippen molar-refractivity contribution in [3.05, 3.63) is 14.8 Å². The van der Waals surface area contributed by atoms with Gasteiger partial charge < -0.3 is 5.73 Å². The van der Waals surface area contributed by atoms with Gasteiger partial charge in [0.25, 0.3) is 0 Å². The highest BCUT2D eigenvalue weighted by Crippen LogP contribution is 2.31. The highest BCUT2D eigenvalue weighted by Gasteiger charge is 2.14. The fourth-order valence-electron chi connectivity index (χ4n) is 1.04. The molecule has 0 aliphatic carbocycles. The maximum atomic E-state index is 5.49. The predicted molar refractivity (Wildman–Crippen MR) is 60.6 cm³/mol. The van der Waals surface area contributed by atoms with E-state index in [4.69, 9.17) is 5.73 Å². The fraction of sp³-hybridized carbons (Fsp3) is 0.500. The van der Waals surface area contributed by atoms with Crippen molar-refractivity contribution >= 4 is 37.8 Å². The molecule has 5 heteroatoms. The summed E-state index contributed by atoms with van der Waals surface area (Å²) in [6, 6.07) is 0. The summed E-state index contributed by atoms with van der Waals surface area (Å²) in [5.41, 5.74) is 6.57. The van der Waals surface area contributed by atoms with Crippen molar-refractivity contribution in [3.63, 3.8) is 0 Å². The first kappa shape index (κ1) is 10.9. The average Bonchev–Trinajstić information content (AvgIpc) is 2.02. The maximum absolute atomic E-state index is 5.49. The molecule has 0 saturated heterocycles. The number of aromatic nitrogens is 2. The van der Waals surface area contributed by atoms with Gasteiger partial charge in [-0.15, -0.1) is 0 Å². The molecule has 0 aliphatic heterocycles. The van der Waals surface area contributed by atoms with Crippen LogP contribution in [0.4, 0.5) is 5.95 Å². The summed E-state index contributed by atoms with van der Waals surface area (Å²) in [6.45, 7) is 4.25. The van der Waals surface area contributed by atoms with Crippen LogP contribution in [-0.2, 0) is 0 Å². The zero-order valence-corrected chi connectivity index (χ0v) is 10.7. The molecule has 0 spiro atoms. The Bertz CT molecular complexity index is 291. The molecule has 0 amide bonds. The molecule has 2 N–H and O–H groups in total. The van der Waals surface area contributed by atoms with Gasteiger partial charge >= 0.3 is 0 Å². The number of rotatable bonds is 2. The van der Waals surface area contributed by atoms with E-state index in [0.717, 1.165) is 21.2 Å². The third-order valence-electron chi connectivity index (χ3n) is 1.98. The van der Waals surface area contributed by atoms with Crippen molar-refractivity contribution in [3.8, 4) is 0 Å². The minimum Gasteiger partial charge on any atom is -0.368 e. The van der Waals surface area contributed by atoms with Gasteiger partial charge in [0.15, 0.2) is 0 Å². The minimum absolute atomic E-state index is 0.283. The van der Waals surface area contributed by atoms with Crippen LogP contribution in [0, 0.1) is 0 Å². The second-order valence-electron chi connectivity index (χ2n) is 2.89. The third kappa shape index (κ3) is 2.40. The number of nitrogen functional groups attached to an aromatic ring is 1. The number of hydrogen-bond acceptors (Lipinski definition) is 3. The van der Waals surface area contributed by atoms with Crippen LogP contribution in [0.2, 0.25) is 0 Å². The summed E-state index contributed by atoms with van der Waals surface area (Å²) in [4.78, 5) is 8.11. The van der Waals surface area contributed by atoms with E-state index in [2.05, 4.69) is 55.7 Å². The van der Waals surface area contributed by atoms with Gasteiger partial charge in [-0.1, -0.05) is 13.8 Å². The third-order valence-corrected chi connectivity index (χ3v) is 3.18. The van der Waals surface area contributed by atoms with Gasteiger partial charge in [0.1, 0.15) is 9.21 Å². The van der Waals surface area contributed by atoms with Crippen molar-refractivity contribution in [2.45, 2.75) is 26.2 Å². The number of nitrogens with two attached hydrogens (primary N) is 1. The summed E-state index contributed by atoms with van der Waals surface area (Å²) >= 11 is 6.76. The molecular formula is C8H11Br2N3. The zero-order chi connectivity index (χ0) is 10.0. The molecule has 1 aromatic heterocycles. The number of nitrogens with zero attached hydrogens (tertiary/aromatic N) is 2. The van der Waals surface area contributed by atoms with E-state index in [0.29, 0.717) is 5.92 Å². The molecule has 1 atom stereocenters. The molecule has 1 unspecified atom stereocenters. The van der Waals surface area contributed by atoms with E-state index >= 15 is 0 Å². The van der Waals surface area contributed by atoms with Crippen LogP contribution in [0.5, 0.6) is 0 Å². The van der Waals surface area contributed by atoms with Gasteiger partial charge in [-0.2, -0.15) is 0 Å². The zero-order valence-electron chi connectivity index (χ0n) is 7.51. The van der Waals surface area contributed by atoms with Crippen molar-refractivity contribution in [1.29, 1.82) is 0 Å². The number of anilines is 1. The van der Waals surface area contributed by atoms with Crippen LogP contribution in [0.15, 0.2) is 9.21 Å². The van der Waals surface area contributed by atoms with Crippen molar-refractivity contribution in [1.82, 2.24) is 9.97 Å². The summed E-state index contributed by atoms with van der Waals surface area (Å²) in [5.74, 6) is 0.704. The minimum atomic E-state index is 0.283. The van der Waals surface area contributed by atoms with E-state index in [1.165, 1.54) is 0 Å². The van der Waals surface area contributed by atoms with Gasteiger partial charge in [0.05, 0.1) is 0 Å². The molecular weight excluding hydrogens is 298 g/mol. The van der Waals surface area contributed by atoms with Gasteiger partial charge in [0, 0.05) is 5.56 Å². The van der Waals surface area contributed by atoms with Crippen molar-refractivity contribution < 1.29 is 0 Å². The van der Waals surface area contributed by atoms with Crippen LogP contribution in [-0.4, -0.2) is 9.97 Å². The lowest BCUT2D eigenvalue weighted by molar-refractivity contribution is 0.714. The second kappa shape index (κ2) is 4.37. The molecule has 1 rings (SSSR count). The Kier molecular flexibility index (Phi) is 3.67. The van der Waals surface area contributed by atoms with E-state index in [1.807, 2.05) is 0 Å². The normalized spacial score (nSPS) is 12.9. The van der Waals surface area contributed by atoms with Crippen LogP contribution in [0.3, 0.4) is 0 Å². The van der Waals surface area contributed by atoms with Crippen LogP contribution in [0.25, 0.3) is 0 Å². The predicted octanol–water partition coefficient (Wildman–Crippen LogP) is 3.10. The van der Waals surface area contributed by atoms with Gasteiger partial charge in [-0.05, 0) is 44.2 Å². The Labute approximate surface area is 94.4 Å². The molecule has 1 aromatic rings. The van der Waals surface area contributed by atoms with E-state index < -0.39 is 0 Å². The Morgan fingerprint density at radius 2 is 1.77 bits per heavy atom. The first-order valence-corrected chi connectivity index (χ1v) is 5.63. The van der Waals surface area contributed by atoms with E-state index in [9.17, 15) is 0 Å². The van der Waals surface area contributed by atoms with Crippen molar-refractivity contribution in [2.75, 3.05) is 5.73 Å². The van der Waals surface area contributed by atoms with Crippen LogP contribution in [0.1, 0.15) is 31.7 Å². The van der Waals surface area contributed by atoms with Gasteiger partial charge in [-0.3, -0.25) is 0 Å². The number of hydrogen-bond donors (Lipinski definition) is 1. The Balaban J connectivity index is 3.20. The molecule has 13 heavy (non-hydrogen) atoms. The fourth-order valence-corrected chi connectivity index (χ4v) is 2.83. The monoisotopic (exact) mass is 307 g/mol. The summed E-state index contributed by atoms with van der Waals surface area (Å²) in [6.07, 6.45) is 1.05. The molecule has 0 fully saturated rings. The molecule has 72 valence electrons. The quantitative estimate of drug-likeness (QED) is 0.854. The second-order valence-corrected chi connectivity index (χ2v) is 4.39. The highest BCUT2D eigenvalue weighted by atomic mass is 79.9. The SMILES string of the molecule is CCC(C)c1c(Br)nc(N)nc1Br. The first-order chi connectivity index (χ1) is 6.06. The Hall–Kier alpha value is -0.160. The molecule has 0 radical (unpaired) electrons. The Morgan fingerprint density at radius 1 is 1.31 bits per heavy atom. The molecule has 0 aliphatic rings. The summed E-state index contributed by atoms with van der Waals surface area (Å²) < 4.78 is 1.56. The summed E-state index contributed by atoms with van der Waals surface area (Å²) in [5, 5.41) is 0. The van der Waals surface area contributed by atoms with E-state index in [-0.39, 0.29) is 5.95 Å². The van der Waals surface area contributed by atoms with E-state index in [1.54, 1.807) is 0 Å². The highest BCUT2D eigenvalue weighted by molar-refractivity contribution is 9.11. The lowest BCUT2D eigenvalue weighted by Crippen LogP contribution is -2.03. The average molecular weight is 309 g/mol. The Morgan fingerprint density at radius 3 is 2.15 bits per heavy atom. The lowest BCUT2D eigenvalue weighted by Gasteiger charge is -2.12. The maximum Gasteiger partial charge on any atom is 0.222 e.